The molecular formula is C13H9BrO3S. The van der Waals surface area contributed by atoms with Crippen molar-refractivity contribution >= 4 is 33.0 Å². The van der Waals surface area contributed by atoms with E-state index in [1.165, 1.54) is 11.3 Å². The fourth-order valence-corrected chi connectivity index (χ4v) is 3.30. The standard InChI is InChI=1S/C13H9BrO3S/c14-10-7-18-6-9(10)12(15)8-2-1-3-11-13(8)17-5-4-16-11/h1-3,6-7H,4-5H2. The molecule has 0 amide bonds. The molecule has 0 saturated heterocycles. The van der Waals surface area contributed by atoms with E-state index in [0.717, 1.165) is 4.47 Å². The fourth-order valence-electron chi connectivity index (χ4n) is 1.84. The van der Waals surface area contributed by atoms with Crippen LogP contribution in [0.15, 0.2) is 33.4 Å². The second-order valence-electron chi connectivity index (χ2n) is 3.79. The van der Waals surface area contributed by atoms with Crippen molar-refractivity contribution in [2.24, 2.45) is 0 Å². The number of carbonyl (C=O) groups excluding carboxylic acids is 1. The Morgan fingerprint density at radius 1 is 1.17 bits per heavy atom. The van der Waals surface area contributed by atoms with Crippen LogP contribution in [0.5, 0.6) is 11.5 Å². The number of hydrogen-bond acceptors (Lipinski definition) is 4. The van der Waals surface area contributed by atoms with Gasteiger partial charge in [0.05, 0.1) is 5.56 Å². The largest absolute Gasteiger partial charge is 0.486 e. The average Bonchev–Trinajstić information content (AvgIpc) is 2.83. The molecule has 2 heterocycles. The van der Waals surface area contributed by atoms with Crippen LogP contribution in [0.25, 0.3) is 0 Å². The normalized spacial score (nSPS) is 13.4. The average molecular weight is 325 g/mol. The van der Waals surface area contributed by atoms with Crippen molar-refractivity contribution in [3.05, 3.63) is 44.6 Å². The lowest BCUT2D eigenvalue weighted by Crippen LogP contribution is -2.18. The summed E-state index contributed by atoms with van der Waals surface area (Å²) in [6, 6.07) is 5.38. The SMILES string of the molecule is O=C(c1cscc1Br)c1cccc2c1OCCO2. The van der Waals surface area contributed by atoms with Crippen molar-refractivity contribution in [2.45, 2.75) is 0 Å². The Kier molecular flexibility index (Phi) is 3.09. The summed E-state index contributed by atoms with van der Waals surface area (Å²) in [6.45, 7) is 0.995. The van der Waals surface area contributed by atoms with Gasteiger partial charge in [0.2, 0.25) is 0 Å². The van der Waals surface area contributed by atoms with E-state index in [-0.39, 0.29) is 5.78 Å². The Bertz CT molecular complexity index is 606. The third-order valence-corrected chi connectivity index (χ3v) is 4.37. The highest BCUT2D eigenvalue weighted by atomic mass is 79.9. The zero-order valence-corrected chi connectivity index (χ0v) is 11.7. The van der Waals surface area contributed by atoms with Gasteiger partial charge in [-0.1, -0.05) is 6.07 Å². The Balaban J connectivity index is 2.07. The second-order valence-corrected chi connectivity index (χ2v) is 5.39. The molecule has 3 nitrogen and oxygen atoms in total. The molecule has 0 bridgehead atoms. The van der Waals surface area contributed by atoms with Crippen molar-refractivity contribution in [1.29, 1.82) is 0 Å². The van der Waals surface area contributed by atoms with Gasteiger partial charge in [-0.2, -0.15) is 11.3 Å². The van der Waals surface area contributed by atoms with Gasteiger partial charge >= 0.3 is 0 Å². The van der Waals surface area contributed by atoms with Crippen LogP contribution in [-0.4, -0.2) is 19.0 Å². The molecule has 92 valence electrons. The monoisotopic (exact) mass is 324 g/mol. The highest BCUT2D eigenvalue weighted by Crippen LogP contribution is 2.36. The molecule has 0 spiro atoms. The summed E-state index contributed by atoms with van der Waals surface area (Å²) in [5, 5.41) is 3.72. The Morgan fingerprint density at radius 3 is 2.78 bits per heavy atom. The molecule has 5 heteroatoms. The summed E-state index contributed by atoms with van der Waals surface area (Å²) in [4.78, 5) is 12.4. The number of ether oxygens (including phenoxy) is 2. The van der Waals surface area contributed by atoms with Crippen LogP contribution in [0.4, 0.5) is 0 Å². The molecule has 0 aliphatic carbocycles. The van der Waals surface area contributed by atoms with Crippen molar-refractivity contribution < 1.29 is 14.3 Å². The van der Waals surface area contributed by atoms with Crippen molar-refractivity contribution in [2.75, 3.05) is 13.2 Å². The first kappa shape index (κ1) is 11.7. The van der Waals surface area contributed by atoms with E-state index in [1.54, 1.807) is 12.1 Å². The Hall–Kier alpha value is -1.33. The van der Waals surface area contributed by atoms with Crippen LogP contribution in [0.2, 0.25) is 0 Å². The van der Waals surface area contributed by atoms with Gasteiger partial charge in [0.25, 0.3) is 0 Å². The summed E-state index contributed by atoms with van der Waals surface area (Å²) in [5.41, 5.74) is 1.20. The van der Waals surface area contributed by atoms with Gasteiger partial charge in [0.15, 0.2) is 17.3 Å². The number of fused-ring (bicyclic) bond motifs is 1. The molecule has 1 aliphatic rings. The quantitative estimate of drug-likeness (QED) is 0.793. The van der Waals surface area contributed by atoms with E-state index in [2.05, 4.69) is 15.9 Å². The van der Waals surface area contributed by atoms with Gasteiger partial charge in [-0.3, -0.25) is 4.79 Å². The minimum Gasteiger partial charge on any atom is -0.486 e. The van der Waals surface area contributed by atoms with Crippen LogP contribution in [0.1, 0.15) is 15.9 Å². The van der Waals surface area contributed by atoms with Gasteiger partial charge in [-0.25, -0.2) is 0 Å². The van der Waals surface area contributed by atoms with Crippen LogP contribution in [0, 0.1) is 0 Å². The number of carbonyl (C=O) groups is 1. The number of para-hydroxylation sites is 1. The van der Waals surface area contributed by atoms with Gasteiger partial charge in [-0.15, -0.1) is 0 Å². The summed E-state index contributed by atoms with van der Waals surface area (Å²) < 4.78 is 11.8. The molecule has 1 aliphatic heterocycles. The molecule has 0 saturated carbocycles. The Labute approximate surface area is 116 Å². The molecule has 0 radical (unpaired) electrons. The molecular weight excluding hydrogens is 316 g/mol. The molecule has 3 rings (SSSR count). The number of halogens is 1. The molecule has 1 aromatic heterocycles. The molecule has 1 aromatic carbocycles. The van der Waals surface area contributed by atoms with E-state index in [0.29, 0.717) is 35.8 Å². The third kappa shape index (κ3) is 1.93. The highest BCUT2D eigenvalue weighted by Gasteiger charge is 2.22. The molecule has 0 fully saturated rings. The zero-order valence-electron chi connectivity index (χ0n) is 9.31. The lowest BCUT2D eigenvalue weighted by atomic mass is 10.0. The van der Waals surface area contributed by atoms with E-state index in [4.69, 9.17) is 9.47 Å². The maximum absolute atomic E-state index is 12.4. The Morgan fingerprint density at radius 2 is 2.00 bits per heavy atom. The predicted octanol–water partition coefficient (Wildman–Crippen LogP) is 3.51. The molecule has 0 unspecified atom stereocenters. The van der Waals surface area contributed by atoms with Crippen LogP contribution in [-0.2, 0) is 0 Å². The second kappa shape index (κ2) is 4.74. The summed E-state index contributed by atoms with van der Waals surface area (Å²) in [6.07, 6.45) is 0. The summed E-state index contributed by atoms with van der Waals surface area (Å²) in [7, 11) is 0. The topological polar surface area (TPSA) is 35.5 Å². The van der Waals surface area contributed by atoms with E-state index >= 15 is 0 Å². The van der Waals surface area contributed by atoms with Gasteiger partial charge in [0, 0.05) is 20.8 Å². The third-order valence-electron chi connectivity index (χ3n) is 2.67. The maximum atomic E-state index is 12.4. The fraction of sp³-hybridized carbons (Fsp3) is 0.154. The predicted molar refractivity (Wildman–Crippen MR) is 72.9 cm³/mol. The number of rotatable bonds is 2. The van der Waals surface area contributed by atoms with Crippen LogP contribution < -0.4 is 9.47 Å². The minimum atomic E-state index is -0.0505. The van der Waals surface area contributed by atoms with Crippen molar-refractivity contribution in [1.82, 2.24) is 0 Å². The van der Waals surface area contributed by atoms with E-state index < -0.39 is 0 Å². The van der Waals surface area contributed by atoms with Gasteiger partial charge in [0.1, 0.15) is 13.2 Å². The molecule has 0 atom stereocenters. The summed E-state index contributed by atoms with van der Waals surface area (Å²) in [5.74, 6) is 1.13. The number of hydrogen-bond donors (Lipinski definition) is 0. The molecule has 18 heavy (non-hydrogen) atoms. The summed E-state index contributed by atoms with van der Waals surface area (Å²) >= 11 is 4.86. The van der Waals surface area contributed by atoms with Crippen molar-refractivity contribution in [3.63, 3.8) is 0 Å². The smallest absolute Gasteiger partial charge is 0.198 e. The van der Waals surface area contributed by atoms with Crippen molar-refractivity contribution in [3.8, 4) is 11.5 Å². The van der Waals surface area contributed by atoms with Gasteiger partial charge < -0.3 is 9.47 Å². The first-order valence-corrected chi connectivity index (χ1v) is 7.16. The molecule has 0 N–H and O–H groups in total. The molecule has 2 aromatic rings. The number of benzene rings is 1. The number of ketones is 1. The lowest BCUT2D eigenvalue weighted by molar-refractivity contribution is 0.102. The van der Waals surface area contributed by atoms with Crippen LogP contribution in [0.3, 0.4) is 0 Å². The first-order chi connectivity index (χ1) is 8.77. The number of thiophene rings is 1. The van der Waals surface area contributed by atoms with E-state index in [1.807, 2.05) is 16.8 Å². The lowest BCUT2D eigenvalue weighted by Gasteiger charge is -2.20. The highest BCUT2D eigenvalue weighted by molar-refractivity contribution is 9.10. The van der Waals surface area contributed by atoms with Gasteiger partial charge in [-0.05, 0) is 28.1 Å². The zero-order chi connectivity index (χ0) is 12.5. The maximum Gasteiger partial charge on any atom is 0.198 e. The van der Waals surface area contributed by atoms with E-state index in [9.17, 15) is 4.79 Å². The van der Waals surface area contributed by atoms with Crippen LogP contribution >= 0.6 is 27.3 Å². The minimum absolute atomic E-state index is 0.0505. The first-order valence-electron chi connectivity index (χ1n) is 5.42.